The van der Waals surface area contributed by atoms with Crippen molar-refractivity contribution in [1.82, 2.24) is 10.4 Å². The van der Waals surface area contributed by atoms with Crippen LogP contribution in [0.3, 0.4) is 0 Å². The summed E-state index contributed by atoms with van der Waals surface area (Å²) in [5, 5.41) is 11.5. The Labute approximate surface area is 153 Å². The predicted molar refractivity (Wildman–Crippen MR) is 103 cm³/mol. The minimum atomic E-state index is 0.0199. The highest BCUT2D eigenvalue weighted by atomic mass is 16.3. The maximum absolute atomic E-state index is 9.51. The molecule has 0 radical (unpaired) electrons. The molecule has 6 nitrogen and oxygen atoms in total. The molecule has 136 valence electrons. The summed E-state index contributed by atoms with van der Waals surface area (Å²) in [5.74, 6) is 2.54. The third-order valence-electron chi connectivity index (χ3n) is 4.14. The van der Waals surface area contributed by atoms with E-state index in [0.717, 1.165) is 28.7 Å². The van der Waals surface area contributed by atoms with E-state index in [1.165, 1.54) is 0 Å². The average molecular weight is 352 g/mol. The summed E-state index contributed by atoms with van der Waals surface area (Å²) in [5.41, 5.74) is 5.29. The van der Waals surface area contributed by atoms with Gasteiger partial charge in [0.05, 0.1) is 26.0 Å². The molecule has 3 heterocycles. The molecule has 2 aliphatic heterocycles. The average Bonchev–Trinajstić information content (AvgIpc) is 3.18. The van der Waals surface area contributed by atoms with Gasteiger partial charge in [0, 0.05) is 11.6 Å². The first kappa shape index (κ1) is 17.9. The van der Waals surface area contributed by atoms with Gasteiger partial charge in [0.1, 0.15) is 17.4 Å². The van der Waals surface area contributed by atoms with E-state index in [4.69, 9.17) is 4.42 Å². The van der Waals surface area contributed by atoms with Crippen molar-refractivity contribution in [2.24, 2.45) is 15.9 Å². The van der Waals surface area contributed by atoms with Gasteiger partial charge in [-0.3, -0.25) is 15.4 Å². The van der Waals surface area contributed by atoms with Crippen molar-refractivity contribution >= 4 is 11.7 Å². The van der Waals surface area contributed by atoms with Crippen LogP contribution in [-0.4, -0.2) is 34.9 Å². The fourth-order valence-electron chi connectivity index (χ4n) is 2.91. The summed E-state index contributed by atoms with van der Waals surface area (Å²) < 4.78 is 5.32. The smallest absolute Gasteiger partial charge is 0.147 e. The number of hydrogen-bond donors (Lipinski definition) is 2. The van der Waals surface area contributed by atoms with Gasteiger partial charge in [-0.2, -0.15) is 0 Å². The number of aliphatic hydroxyl groups excluding tert-OH is 1. The molecule has 0 fully saturated rings. The lowest BCUT2D eigenvalue weighted by atomic mass is 10.0. The summed E-state index contributed by atoms with van der Waals surface area (Å²) in [4.78, 5) is 9.08. The van der Waals surface area contributed by atoms with Crippen LogP contribution in [-0.2, 0) is 6.54 Å². The van der Waals surface area contributed by atoms with Crippen LogP contribution in [0.25, 0.3) is 0 Å². The van der Waals surface area contributed by atoms with Gasteiger partial charge >= 0.3 is 0 Å². The number of furan rings is 1. The van der Waals surface area contributed by atoms with E-state index in [1.54, 1.807) is 6.26 Å². The topological polar surface area (TPSA) is 73.4 Å². The summed E-state index contributed by atoms with van der Waals surface area (Å²) in [6.07, 6.45) is 13.5. The maximum Gasteiger partial charge on any atom is 0.147 e. The molecule has 1 aromatic heterocycles. The van der Waals surface area contributed by atoms with E-state index in [9.17, 15) is 5.11 Å². The minimum Gasteiger partial charge on any atom is -0.467 e. The summed E-state index contributed by atoms with van der Waals surface area (Å²) in [6.45, 7) is 5.18. The predicted octanol–water partition coefficient (Wildman–Crippen LogP) is 2.98. The molecule has 0 saturated heterocycles. The number of fused-ring (bicyclic) bond motifs is 1. The Hall–Kier alpha value is -2.86. The highest BCUT2D eigenvalue weighted by molar-refractivity contribution is 6.07. The van der Waals surface area contributed by atoms with Gasteiger partial charge in [-0.15, -0.1) is 0 Å². The molecule has 0 spiro atoms. The number of aliphatic imine (C=N–C) groups is 2. The van der Waals surface area contributed by atoms with Crippen LogP contribution in [0.5, 0.6) is 0 Å². The number of rotatable bonds is 6. The van der Waals surface area contributed by atoms with Gasteiger partial charge in [0.15, 0.2) is 0 Å². The molecule has 3 rings (SSSR count). The molecule has 1 aromatic rings. The van der Waals surface area contributed by atoms with Crippen molar-refractivity contribution in [3.63, 3.8) is 0 Å². The molecule has 2 N–H and O–H groups in total. The van der Waals surface area contributed by atoms with Crippen LogP contribution in [0.1, 0.15) is 19.6 Å². The highest BCUT2D eigenvalue weighted by Gasteiger charge is 2.24. The third kappa shape index (κ3) is 4.21. The molecule has 0 aliphatic carbocycles. The number of nitrogens with one attached hydrogen (secondary N) is 1. The first-order valence-electron chi connectivity index (χ1n) is 8.71. The molecule has 0 bridgehead atoms. The van der Waals surface area contributed by atoms with Crippen LogP contribution < -0.4 is 5.43 Å². The Morgan fingerprint density at radius 3 is 3.12 bits per heavy atom. The van der Waals surface area contributed by atoms with Crippen molar-refractivity contribution in [1.29, 1.82) is 0 Å². The molecule has 6 heteroatoms. The molecular weight excluding hydrogens is 328 g/mol. The number of hydrazine groups is 1. The van der Waals surface area contributed by atoms with Gasteiger partial charge < -0.3 is 9.52 Å². The molecule has 1 unspecified atom stereocenters. The van der Waals surface area contributed by atoms with E-state index in [-0.39, 0.29) is 12.5 Å². The zero-order valence-corrected chi connectivity index (χ0v) is 15.1. The second-order valence-corrected chi connectivity index (χ2v) is 6.08. The van der Waals surface area contributed by atoms with Gasteiger partial charge in [-0.05, 0) is 42.9 Å². The fraction of sp³-hybridized carbons (Fsp3) is 0.300. The van der Waals surface area contributed by atoms with Gasteiger partial charge in [-0.25, -0.2) is 5.01 Å². The first-order valence-corrected chi connectivity index (χ1v) is 8.71. The number of hydrogen-bond acceptors (Lipinski definition) is 5. The standard InChI is InChI=1S/C20H24N4O2/c1-3-5-16(14-25)12-15(2)18-9-10-21-20-8-7-19(23-24(18)20)22-13-17-6-4-11-26-17/h3-9,11-12,15,25H,10,13-14H2,1-2H3,(H,22,23)/b5-3-,16-12+. The second kappa shape index (κ2) is 8.49. The quantitative estimate of drug-likeness (QED) is 0.772. The van der Waals surface area contributed by atoms with E-state index in [0.29, 0.717) is 13.1 Å². The van der Waals surface area contributed by atoms with Gasteiger partial charge in [-0.1, -0.05) is 25.2 Å². The molecule has 1 atom stereocenters. The third-order valence-corrected chi connectivity index (χ3v) is 4.14. The number of allylic oxidation sites excluding steroid dienone is 2. The molecule has 26 heavy (non-hydrogen) atoms. The zero-order valence-electron chi connectivity index (χ0n) is 15.1. The number of amidine groups is 2. The number of nitrogens with zero attached hydrogens (tertiary/aromatic N) is 3. The summed E-state index contributed by atoms with van der Waals surface area (Å²) in [6, 6.07) is 3.76. The van der Waals surface area contributed by atoms with Crippen LogP contribution in [0.2, 0.25) is 0 Å². The minimum absolute atomic E-state index is 0.0199. The molecule has 0 aromatic carbocycles. The van der Waals surface area contributed by atoms with Crippen LogP contribution in [0.15, 0.2) is 80.5 Å². The molecule has 0 amide bonds. The van der Waals surface area contributed by atoms with Crippen molar-refractivity contribution in [2.75, 3.05) is 13.2 Å². The van der Waals surface area contributed by atoms with Crippen molar-refractivity contribution in [3.8, 4) is 0 Å². The second-order valence-electron chi connectivity index (χ2n) is 6.08. The first-order chi connectivity index (χ1) is 12.7. The lowest BCUT2D eigenvalue weighted by Crippen LogP contribution is -2.49. The van der Waals surface area contributed by atoms with Crippen molar-refractivity contribution in [2.45, 2.75) is 20.4 Å². The van der Waals surface area contributed by atoms with Crippen molar-refractivity contribution in [3.05, 3.63) is 71.9 Å². The monoisotopic (exact) mass is 352 g/mol. The molecular formula is C20H24N4O2. The van der Waals surface area contributed by atoms with Crippen molar-refractivity contribution < 1.29 is 9.52 Å². The molecule has 0 saturated carbocycles. The highest BCUT2D eigenvalue weighted by Crippen LogP contribution is 2.22. The van der Waals surface area contributed by atoms with Crippen LogP contribution in [0.4, 0.5) is 0 Å². The number of aliphatic hydroxyl groups is 1. The van der Waals surface area contributed by atoms with Gasteiger partial charge in [0.2, 0.25) is 0 Å². The maximum atomic E-state index is 9.51. The van der Waals surface area contributed by atoms with E-state index >= 15 is 0 Å². The Balaban J connectivity index is 1.77. The lowest BCUT2D eigenvalue weighted by Gasteiger charge is -2.35. The van der Waals surface area contributed by atoms with E-state index in [1.807, 2.05) is 48.4 Å². The van der Waals surface area contributed by atoms with Gasteiger partial charge in [0.25, 0.3) is 0 Å². The SMILES string of the molecule is C/C=C\C(=C/C(C)C1=CCN=C2C=CC(=NCc3ccco3)NN12)CO. The van der Waals surface area contributed by atoms with Crippen LogP contribution in [0, 0.1) is 5.92 Å². The Morgan fingerprint density at radius 1 is 1.50 bits per heavy atom. The lowest BCUT2D eigenvalue weighted by molar-refractivity contribution is 0.333. The van der Waals surface area contributed by atoms with E-state index in [2.05, 4.69) is 34.5 Å². The van der Waals surface area contributed by atoms with E-state index < -0.39 is 0 Å². The van der Waals surface area contributed by atoms with Crippen LogP contribution >= 0.6 is 0 Å². The molecule has 2 aliphatic rings. The Bertz CT molecular complexity index is 798. The normalized spacial score (nSPS) is 20.0. The fourth-order valence-corrected chi connectivity index (χ4v) is 2.91. The largest absolute Gasteiger partial charge is 0.467 e. The Kier molecular flexibility index (Phi) is 5.86. The zero-order chi connectivity index (χ0) is 18.4. The summed E-state index contributed by atoms with van der Waals surface area (Å²) in [7, 11) is 0. The summed E-state index contributed by atoms with van der Waals surface area (Å²) >= 11 is 0. The Morgan fingerprint density at radius 2 is 2.38 bits per heavy atom.